The van der Waals surface area contributed by atoms with Gasteiger partial charge in [0, 0.05) is 17.3 Å². The number of nitrogens with one attached hydrogen (secondary N) is 1. The molecule has 4 heterocycles. The maximum Gasteiger partial charge on any atom is 0.253 e. The average Bonchev–Trinajstić information content (AvgIpc) is 3.37. The number of fused-ring (bicyclic) bond motifs is 2. The second-order valence-electron chi connectivity index (χ2n) is 7.05. The quantitative estimate of drug-likeness (QED) is 0.548. The van der Waals surface area contributed by atoms with Crippen molar-refractivity contribution in [1.29, 1.82) is 0 Å². The van der Waals surface area contributed by atoms with E-state index in [-0.39, 0.29) is 12.0 Å². The summed E-state index contributed by atoms with van der Waals surface area (Å²) < 4.78 is 7.87. The van der Waals surface area contributed by atoms with Crippen LogP contribution in [-0.4, -0.2) is 42.6 Å². The van der Waals surface area contributed by atoms with Crippen LogP contribution in [0.4, 0.5) is 11.5 Å². The van der Waals surface area contributed by atoms with E-state index in [4.69, 9.17) is 10.5 Å². The fourth-order valence-corrected chi connectivity index (χ4v) is 3.66. The number of carbonyl (C=O) groups excluding carboxylic acids is 1. The number of rotatable bonds is 4. The van der Waals surface area contributed by atoms with E-state index >= 15 is 0 Å². The fourth-order valence-electron chi connectivity index (χ4n) is 3.66. The third-order valence-corrected chi connectivity index (χ3v) is 5.10. The van der Waals surface area contributed by atoms with Crippen LogP contribution in [-0.2, 0) is 16.1 Å². The van der Waals surface area contributed by atoms with Gasteiger partial charge in [-0.05, 0) is 37.1 Å². The first kappa shape index (κ1) is 17.5. The minimum absolute atomic E-state index is 0.0971. The Morgan fingerprint density at radius 2 is 2.14 bits per heavy atom. The van der Waals surface area contributed by atoms with Crippen LogP contribution < -0.4 is 11.1 Å². The molecule has 3 aromatic heterocycles. The Morgan fingerprint density at radius 1 is 1.21 bits per heavy atom. The van der Waals surface area contributed by atoms with E-state index in [0.29, 0.717) is 29.9 Å². The number of imidazole rings is 1. The Balaban J connectivity index is 1.25. The number of nitrogen functional groups attached to an aromatic ring is 1. The number of carbonyl (C=O) groups is 1. The second kappa shape index (κ2) is 7.10. The van der Waals surface area contributed by atoms with E-state index < -0.39 is 6.10 Å². The van der Waals surface area contributed by atoms with Gasteiger partial charge in [0.1, 0.15) is 17.9 Å². The Morgan fingerprint density at radius 3 is 3.07 bits per heavy atom. The van der Waals surface area contributed by atoms with Crippen LogP contribution in [0.5, 0.6) is 0 Å². The van der Waals surface area contributed by atoms with Crippen molar-refractivity contribution >= 4 is 39.5 Å². The van der Waals surface area contributed by atoms with Crippen molar-refractivity contribution < 1.29 is 9.53 Å². The number of benzene rings is 1. The smallest absolute Gasteiger partial charge is 0.253 e. The summed E-state index contributed by atoms with van der Waals surface area (Å²) in [4.78, 5) is 29.4. The monoisotopic (exact) mass is 389 g/mol. The van der Waals surface area contributed by atoms with Gasteiger partial charge in [0.25, 0.3) is 5.91 Å². The second-order valence-corrected chi connectivity index (χ2v) is 7.05. The Labute approximate surface area is 165 Å². The van der Waals surface area contributed by atoms with Crippen molar-refractivity contribution in [3.05, 3.63) is 49.2 Å². The number of nitrogens with zero attached hydrogens (tertiary/aromatic N) is 5. The average molecular weight is 389 g/mol. The number of hydrogen-bond donors (Lipinski definition) is 2. The highest BCUT2D eigenvalue weighted by atomic mass is 16.5. The molecule has 2 atom stereocenters. The maximum atomic E-state index is 12.6. The maximum absolute atomic E-state index is 12.6. The van der Waals surface area contributed by atoms with Gasteiger partial charge in [-0.15, -0.1) is 0 Å². The highest BCUT2D eigenvalue weighted by molar-refractivity contribution is 5.96. The van der Waals surface area contributed by atoms with Crippen LogP contribution in [0, 0.1) is 0 Å². The molecule has 0 radical (unpaired) electrons. The summed E-state index contributed by atoms with van der Waals surface area (Å²) in [5.74, 6) is 0.210. The zero-order chi connectivity index (χ0) is 19.8. The van der Waals surface area contributed by atoms with E-state index in [1.54, 1.807) is 12.5 Å². The minimum atomic E-state index is -0.487. The normalized spacial score (nSPS) is 19.0. The van der Waals surface area contributed by atoms with Crippen molar-refractivity contribution in [2.45, 2.75) is 31.6 Å². The number of hydrogen-bond acceptors (Lipinski definition) is 7. The lowest BCUT2D eigenvalue weighted by atomic mass is 10.1. The van der Waals surface area contributed by atoms with Crippen molar-refractivity contribution in [2.75, 3.05) is 11.1 Å². The highest BCUT2D eigenvalue weighted by Crippen LogP contribution is 2.25. The van der Waals surface area contributed by atoms with Crippen LogP contribution in [0.1, 0.15) is 12.8 Å². The number of ether oxygens (including phenoxy) is 1. The van der Waals surface area contributed by atoms with Crippen LogP contribution >= 0.6 is 0 Å². The molecule has 1 fully saturated rings. The van der Waals surface area contributed by atoms with Crippen molar-refractivity contribution in [3.8, 4) is 0 Å². The third kappa shape index (κ3) is 3.36. The van der Waals surface area contributed by atoms with Gasteiger partial charge < -0.3 is 20.4 Å². The molecule has 0 saturated carbocycles. The first-order chi connectivity index (χ1) is 14.2. The molecule has 0 spiro atoms. The van der Waals surface area contributed by atoms with Crippen LogP contribution in [0.15, 0.2) is 49.2 Å². The molecule has 1 aliphatic heterocycles. The van der Waals surface area contributed by atoms with E-state index in [2.05, 4.69) is 25.3 Å². The summed E-state index contributed by atoms with van der Waals surface area (Å²) in [6, 6.07) is 9.49. The fraction of sp³-hybridized carbons (Fsp3) is 0.250. The number of aromatic nitrogens is 5. The molecule has 1 aromatic carbocycles. The summed E-state index contributed by atoms with van der Waals surface area (Å²) in [7, 11) is 0. The highest BCUT2D eigenvalue weighted by Gasteiger charge is 2.31. The molecule has 0 aliphatic carbocycles. The standard InChI is InChI=1S/C20H19N7O2/c21-18-17-19(24-10-23-18)27(11-25-17)9-14-4-6-16(29-14)20(28)26-13-3-5-15-12(8-13)2-1-7-22-15/h1-3,5,7-8,10-11,14,16H,4,6,9H2,(H,26,28)(H2,21,23,24)/t14-,16+/m0/s1. The molecular weight excluding hydrogens is 370 g/mol. The lowest BCUT2D eigenvalue weighted by Crippen LogP contribution is -2.29. The van der Waals surface area contributed by atoms with E-state index in [1.807, 2.05) is 34.9 Å². The van der Waals surface area contributed by atoms with Gasteiger partial charge in [0.2, 0.25) is 0 Å². The molecule has 0 bridgehead atoms. The van der Waals surface area contributed by atoms with E-state index in [9.17, 15) is 4.79 Å². The minimum Gasteiger partial charge on any atom is -0.382 e. The van der Waals surface area contributed by atoms with Gasteiger partial charge in [-0.25, -0.2) is 15.0 Å². The van der Waals surface area contributed by atoms with Gasteiger partial charge in [-0.1, -0.05) is 6.07 Å². The Kier molecular flexibility index (Phi) is 4.28. The van der Waals surface area contributed by atoms with Crippen LogP contribution in [0.25, 0.3) is 22.1 Å². The predicted molar refractivity (Wildman–Crippen MR) is 108 cm³/mol. The third-order valence-electron chi connectivity index (χ3n) is 5.10. The van der Waals surface area contributed by atoms with Gasteiger partial charge >= 0.3 is 0 Å². The van der Waals surface area contributed by atoms with Crippen LogP contribution in [0.3, 0.4) is 0 Å². The first-order valence-electron chi connectivity index (χ1n) is 9.40. The summed E-state index contributed by atoms with van der Waals surface area (Å²) in [6.45, 7) is 0.554. The summed E-state index contributed by atoms with van der Waals surface area (Å²) in [5.41, 5.74) is 8.69. The topological polar surface area (TPSA) is 121 Å². The van der Waals surface area contributed by atoms with Gasteiger partial charge in [-0.2, -0.15) is 0 Å². The molecule has 0 unspecified atom stereocenters. The van der Waals surface area contributed by atoms with Crippen molar-refractivity contribution in [2.24, 2.45) is 0 Å². The van der Waals surface area contributed by atoms with Crippen LogP contribution in [0.2, 0.25) is 0 Å². The first-order valence-corrected chi connectivity index (χ1v) is 9.40. The predicted octanol–water partition coefficient (Wildman–Crippen LogP) is 2.14. The molecule has 3 N–H and O–H groups in total. The molecule has 1 saturated heterocycles. The van der Waals surface area contributed by atoms with E-state index in [0.717, 1.165) is 23.0 Å². The Hall–Kier alpha value is -3.59. The largest absolute Gasteiger partial charge is 0.382 e. The Bertz CT molecular complexity index is 1210. The van der Waals surface area contributed by atoms with Gasteiger partial charge in [-0.3, -0.25) is 9.78 Å². The summed E-state index contributed by atoms with van der Waals surface area (Å²) in [5, 5.41) is 3.92. The van der Waals surface area contributed by atoms with Gasteiger partial charge in [0.05, 0.1) is 24.5 Å². The molecule has 29 heavy (non-hydrogen) atoms. The van der Waals surface area contributed by atoms with Crippen molar-refractivity contribution in [3.63, 3.8) is 0 Å². The zero-order valence-corrected chi connectivity index (χ0v) is 15.5. The molecule has 4 aromatic rings. The lowest BCUT2D eigenvalue weighted by Gasteiger charge is -2.15. The molecular formula is C20H19N7O2. The molecule has 1 amide bonds. The zero-order valence-electron chi connectivity index (χ0n) is 15.5. The lowest BCUT2D eigenvalue weighted by molar-refractivity contribution is -0.126. The summed E-state index contributed by atoms with van der Waals surface area (Å²) in [6.07, 6.45) is 5.70. The van der Waals surface area contributed by atoms with Crippen molar-refractivity contribution in [1.82, 2.24) is 24.5 Å². The molecule has 9 heteroatoms. The SMILES string of the molecule is Nc1ncnc2c1ncn2C[C@@H]1CC[C@H](C(=O)Nc2ccc3ncccc3c2)O1. The molecule has 146 valence electrons. The number of anilines is 2. The summed E-state index contributed by atoms with van der Waals surface area (Å²) >= 11 is 0. The number of amides is 1. The molecule has 5 rings (SSSR count). The molecule has 1 aliphatic rings. The van der Waals surface area contributed by atoms with E-state index in [1.165, 1.54) is 6.33 Å². The molecule has 9 nitrogen and oxygen atoms in total. The number of nitrogens with two attached hydrogens (primary N) is 1. The number of pyridine rings is 1. The van der Waals surface area contributed by atoms with Gasteiger partial charge in [0.15, 0.2) is 11.5 Å².